The van der Waals surface area contributed by atoms with E-state index in [9.17, 15) is 0 Å². The van der Waals surface area contributed by atoms with Gasteiger partial charge in [-0.3, -0.25) is 4.68 Å². The van der Waals surface area contributed by atoms with Crippen molar-refractivity contribution in [2.75, 3.05) is 6.54 Å². The van der Waals surface area contributed by atoms with Crippen molar-refractivity contribution in [3.8, 4) is 0 Å². The van der Waals surface area contributed by atoms with Gasteiger partial charge in [0.05, 0.1) is 22.4 Å². The van der Waals surface area contributed by atoms with Crippen molar-refractivity contribution in [2.45, 2.75) is 33.9 Å². The van der Waals surface area contributed by atoms with E-state index in [-0.39, 0.29) is 0 Å². The highest BCUT2D eigenvalue weighted by atomic mass is 79.9. The molecule has 0 aromatic carbocycles. The molecule has 2 aromatic heterocycles. The maximum atomic E-state index is 4.45. The highest BCUT2D eigenvalue weighted by molar-refractivity contribution is 9.10. The molecular formula is C15H23BrN4. The van der Waals surface area contributed by atoms with E-state index in [0.29, 0.717) is 5.92 Å². The Morgan fingerprint density at radius 3 is 2.75 bits per heavy atom. The molecule has 0 radical (unpaired) electrons. The van der Waals surface area contributed by atoms with Crippen LogP contribution in [0.3, 0.4) is 0 Å². The minimum atomic E-state index is 0.673. The van der Waals surface area contributed by atoms with E-state index in [1.54, 1.807) is 0 Å². The second kappa shape index (κ2) is 6.59. The molecule has 0 amide bonds. The zero-order chi connectivity index (χ0) is 14.7. The predicted octanol–water partition coefficient (Wildman–Crippen LogP) is 3.09. The predicted molar refractivity (Wildman–Crippen MR) is 85.7 cm³/mol. The Balaban J connectivity index is 2.08. The van der Waals surface area contributed by atoms with E-state index in [1.807, 2.05) is 18.7 Å². The third kappa shape index (κ3) is 3.52. The van der Waals surface area contributed by atoms with Crippen LogP contribution in [-0.2, 0) is 20.1 Å². The standard InChI is InChI=1S/C15H23BrN4/c1-11(2)8-17-9-13-6-5-7-20(13)10-14-15(16)12(3)18-19(14)4/h5-7,11,17H,8-10H2,1-4H3. The SMILES string of the molecule is Cc1nn(C)c(Cn2cccc2CNCC(C)C)c1Br. The zero-order valence-corrected chi connectivity index (χ0v) is 14.2. The summed E-state index contributed by atoms with van der Waals surface area (Å²) in [6.45, 7) is 9.25. The maximum absolute atomic E-state index is 4.45. The topological polar surface area (TPSA) is 34.8 Å². The molecule has 0 saturated carbocycles. The molecule has 0 atom stereocenters. The number of aryl methyl sites for hydroxylation is 2. The number of nitrogens with one attached hydrogen (secondary N) is 1. The highest BCUT2D eigenvalue weighted by Crippen LogP contribution is 2.21. The van der Waals surface area contributed by atoms with Crippen LogP contribution in [0.25, 0.3) is 0 Å². The second-order valence-corrected chi connectivity index (χ2v) is 6.41. The van der Waals surface area contributed by atoms with E-state index in [0.717, 1.165) is 29.8 Å². The van der Waals surface area contributed by atoms with Gasteiger partial charge in [-0.2, -0.15) is 5.10 Å². The van der Waals surface area contributed by atoms with Gasteiger partial charge in [-0.25, -0.2) is 0 Å². The van der Waals surface area contributed by atoms with Crippen LogP contribution in [0, 0.1) is 12.8 Å². The van der Waals surface area contributed by atoms with E-state index in [1.165, 1.54) is 11.4 Å². The lowest BCUT2D eigenvalue weighted by atomic mass is 10.2. The second-order valence-electron chi connectivity index (χ2n) is 5.62. The molecule has 0 aliphatic rings. The van der Waals surface area contributed by atoms with Crippen molar-refractivity contribution in [1.29, 1.82) is 0 Å². The summed E-state index contributed by atoms with van der Waals surface area (Å²) in [5, 5.41) is 7.94. The highest BCUT2D eigenvalue weighted by Gasteiger charge is 2.12. The molecule has 4 nitrogen and oxygen atoms in total. The van der Waals surface area contributed by atoms with Crippen molar-refractivity contribution >= 4 is 15.9 Å². The van der Waals surface area contributed by atoms with Crippen molar-refractivity contribution in [1.82, 2.24) is 19.7 Å². The van der Waals surface area contributed by atoms with E-state index >= 15 is 0 Å². The van der Waals surface area contributed by atoms with Gasteiger partial charge >= 0.3 is 0 Å². The molecule has 5 heteroatoms. The van der Waals surface area contributed by atoms with Crippen LogP contribution in [0.2, 0.25) is 0 Å². The van der Waals surface area contributed by atoms with Gasteiger partial charge in [-0.15, -0.1) is 0 Å². The van der Waals surface area contributed by atoms with Gasteiger partial charge in [0.15, 0.2) is 0 Å². The van der Waals surface area contributed by atoms with Crippen LogP contribution in [0.15, 0.2) is 22.8 Å². The Hall–Kier alpha value is -1.07. The van der Waals surface area contributed by atoms with Gasteiger partial charge < -0.3 is 9.88 Å². The summed E-state index contributed by atoms with van der Waals surface area (Å²) in [6, 6.07) is 4.27. The molecule has 0 aliphatic heterocycles. The molecule has 2 heterocycles. The number of hydrogen-bond donors (Lipinski definition) is 1. The van der Waals surface area contributed by atoms with E-state index in [2.05, 4.69) is 63.1 Å². The zero-order valence-electron chi connectivity index (χ0n) is 12.7. The summed E-state index contributed by atoms with van der Waals surface area (Å²) >= 11 is 3.63. The number of nitrogens with zero attached hydrogens (tertiary/aromatic N) is 3. The molecule has 0 spiro atoms. The summed E-state index contributed by atoms with van der Waals surface area (Å²) in [4.78, 5) is 0. The van der Waals surface area contributed by atoms with Crippen molar-refractivity contribution in [3.05, 3.63) is 39.9 Å². The molecular weight excluding hydrogens is 316 g/mol. The van der Waals surface area contributed by atoms with Gasteiger partial charge in [0.1, 0.15) is 0 Å². The van der Waals surface area contributed by atoms with Crippen LogP contribution in [0.4, 0.5) is 0 Å². The molecule has 0 bridgehead atoms. The van der Waals surface area contributed by atoms with E-state index in [4.69, 9.17) is 0 Å². The first kappa shape index (κ1) is 15.3. The van der Waals surface area contributed by atoms with E-state index < -0.39 is 0 Å². The first-order valence-corrected chi connectivity index (χ1v) is 7.81. The molecule has 0 unspecified atom stereocenters. The Bertz CT molecular complexity index is 568. The van der Waals surface area contributed by atoms with Gasteiger partial charge in [0, 0.05) is 25.5 Å². The molecule has 2 aromatic rings. The normalized spacial score (nSPS) is 11.5. The fourth-order valence-corrected chi connectivity index (χ4v) is 2.73. The quantitative estimate of drug-likeness (QED) is 0.878. The van der Waals surface area contributed by atoms with Crippen molar-refractivity contribution < 1.29 is 0 Å². The van der Waals surface area contributed by atoms with Crippen LogP contribution in [-0.4, -0.2) is 20.9 Å². The van der Waals surface area contributed by atoms with Crippen LogP contribution >= 0.6 is 15.9 Å². The fourth-order valence-electron chi connectivity index (χ4n) is 2.27. The summed E-state index contributed by atoms with van der Waals surface area (Å²) in [5.74, 6) is 0.673. The lowest BCUT2D eigenvalue weighted by Crippen LogP contribution is -2.21. The summed E-state index contributed by atoms with van der Waals surface area (Å²) in [6.07, 6.45) is 2.13. The van der Waals surface area contributed by atoms with Gasteiger partial charge in [-0.1, -0.05) is 13.8 Å². The van der Waals surface area contributed by atoms with Crippen molar-refractivity contribution in [3.63, 3.8) is 0 Å². The summed E-state index contributed by atoms with van der Waals surface area (Å²) < 4.78 is 5.33. The first-order chi connectivity index (χ1) is 9.49. The average Bonchev–Trinajstić information content (AvgIpc) is 2.90. The molecule has 20 heavy (non-hydrogen) atoms. The Labute approximate surface area is 129 Å². The Morgan fingerprint density at radius 1 is 1.40 bits per heavy atom. The fraction of sp³-hybridized carbons (Fsp3) is 0.533. The molecule has 0 saturated heterocycles. The molecule has 0 aliphatic carbocycles. The van der Waals surface area contributed by atoms with Crippen molar-refractivity contribution in [2.24, 2.45) is 13.0 Å². The number of hydrogen-bond acceptors (Lipinski definition) is 2. The Kier molecular flexibility index (Phi) is 5.05. The monoisotopic (exact) mass is 338 g/mol. The molecule has 110 valence electrons. The van der Waals surface area contributed by atoms with Gasteiger partial charge in [0.2, 0.25) is 0 Å². The maximum Gasteiger partial charge on any atom is 0.0739 e. The lowest BCUT2D eigenvalue weighted by molar-refractivity contribution is 0.536. The Morgan fingerprint density at radius 2 is 2.15 bits per heavy atom. The number of aromatic nitrogens is 3. The third-order valence-corrected chi connectivity index (χ3v) is 4.40. The van der Waals surface area contributed by atoms with Gasteiger partial charge in [-0.05, 0) is 47.4 Å². The summed E-state index contributed by atoms with van der Waals surface area (Å²) in [7, 11) is 1.99. The lowest BCUT2D eigenvalue weighted by Gasteiger charge is -2.12. The molecule has 2 rings (SSSR count). The van der Waals surface area contributed by atoms with Crippen LogP contribution < -0.4 is 5.32 Å². The largest absolute Gasteiger partial charge is 0.344 e. The number of rotatable bonds is 6. The smallest absolute Gasteiger partial charge is 0.0739 e. The first-order valence-electron chi connectivity index (χ1n) is 7.01. The number of halogens is 1. The van der Waals surface area contributed by atoms with Gasteiger partial charge in [0.25, 0.3) is 0 Å². The van der Waals surface area contributed by atoms with Crippen LogP contribution in [0.5, 0.6) is 0 Å². The minimum absolute atomic E-state index is 0.673. The molecule has 1 N–H and O–H groups in total. The van der Waals surface area contributed by atoms with Crippen LogP contribution in [0.1, 0.15) is 30.9 Å². The molecule has 0 fully saturated rings. The average molecular weight is 339 g/mol. The third-order valence-electron chi connectivity index (χ3n) is 3.36. The summed E-state index contributed by atoms with van der Waals surface area (Å²) in [5.41, 5.74) is 3.54. The minimum Gasteiger partial charge on any atom is -0.344 e.